The Kier molecular flexibility index (Phi) is 6.97. The number of carbonyl (C=O) groups excluding carboxylic acids is 1. The van der Waals surface area contributed by atoms with Gasteiger partial charge in [-0.15, -0.1) is 0 Å². The summed E-state index contributed by atoms with van der Waals surface area (Å²) in [5.74, 6) is 0.0630. The minimum Gasteiger partial charge on any atom is -0.323 e. The Morgan fingerprint density at radius 1 is 1.33 bits per heavy atom. The zero-order chi connectivity index (χ0) is 15.6. The van der Waals surface area contributed by atoms with Crippen molar-refractivity contribution in [3.8, 4) is 0 Å². The van der Waals surface area contributed by atoms with Gasteiger partial charge in [0.05, 0.1) is 12.2 Å². The van der Waals surface area contributed by atoms with Crippen LogP contribution in [0.5, 0.6) is 0 Å². The van der Waals surface area contributed by atoms with Crippen LogP contribution in [0.2, 0.25) is 0 Å². The van der Waals surface area contributed by atoms with E-state index in [1.807, 2.05) is 0 Å². The summed E-state index contributed by atoms with van der Waals surface area (Å²) in [4.78, 5) is 14.6. The predicted molar refractivity (Wildman–Crippen MR) is 112 cm³/mol. The van der Waals surface area contributed by atoms with Crippen LogP contribution in [0, 0.1) is 10.7 Å². The van der Waals surface area contributed by atoms with Crippen LogP contribution >= 0.6 is 67.8 Å². The lowest BCUT2D eigenvalue weighted by Gasteiger charge is -2.37. The van der Waals surface area contributed by atoms with Crippen LogP contribution in [0.15, 0.2) is 12.1 Å². The van der Waals surface area contributed by atoms with E-state index < -0.39 is 0 Å². The van der Waals surface area contributed by atoms with Crippen molar-refractivity contribution in [2.45, 2.75) is 25.9 Å². The van der Waals surface area contributed by atoms with Crippen LogP contribution in [0.4, 0.5) is 5.69 Å². The van der Waals surface area contributed by atoms with Crippen LogP contribution in [-0.2, 0) is 4.79 Å². The van der Waals surface area contributed by atoms with Crippen LogP contribution in [-0.4, -0.2) is 42.5 Å². The summed E-state index contributed by atoms with van der Waals surface area (Å²) in [7, 11) is 0. The quantitative estimate of drug-likeness (QED) is 0.509. The zero-order valence-corrected chi connectivity index (χ0v) is 18.4. The fourth-order valence-corrected chi connectivity index (χ4v) is 6.19. The van der Waals surface area contributed by atoms with Crippen molar-refractivity contribution in [3.05, 3.63) is 22.8 Å². The Morgan fingerprint density at radius 2 is 1.95 bits per heavy atom. The number of nitrogens with zero attached hydrogens (tertiary/aromatic N) is 1. The Hall–Kier alpha value is 0.800. The Morgan fingerprint density at radius 3 is 2.57 bits per heavy atom. The second-order valence-electron chi connectivity index (χ2n) is 5.38. The van der Waals surface area contributed by atoms with Gasteiger partial charge in [-0.25, -0.2) is 0 Å². The SMILES string of the molecule is CC1CN(CC(=O)Nc2c(I)cc(I)cc2I)C(C)CN1. The first-order chi connectivity index (χ1) is 9.86. The van der Waals surface area contributed by atoms with Gasteiger partial charge in [0, 0.05) is 35.9 Å². The standard InChI is InChI=1S/C14H18I3N3O/c1-8-6-20(9(2)5-18-8)7-13(21)19-14-11(16)3-10(15)4-12(14)17/h3-4,8-9,18H,5-7H2,1-2H3,(H,19,21). The second-order valence-corrected chi connectivity index (χ2v) is 8.95. The second kappa shape index (κ2) is 8.06. The number of hydrogen-bond acceptors (Lipinski definition) is 3. The van der Waals surface area contributed by atoms with Gasteiger partial charge in [0.25, 0.3) is 0 Å². The van der Waals surface area contributed by atoms with E-state index in [4.69, 9.17) is 0 Å². The average Bonchev–Trinajstić information content (AvgIpc) is 2.38. The van der Waals surface area contributed by atoms with E-state index in [0.717, 1.165) is 25.9 Å². The van der Waals surface area contributed by atoms with Crippen molar-refractivity contribution >= 4 is 79.4 Å². The Bertz CT molecular complexity index is 515. The Labute approximate surface area is 166 Å². The lowest BCUT2D eigenvalue weighted by atomic mass is 10.1. The van der Waals surface area contributed by atoms with E-state index >= 15 is 0 Å². The molecule has 0 bridgehead atoms. The van der Waals surface area contributed by atoms with Gasteiger partial charge in [-0.05, 0) is 93.8 Å². The molecule has 4 nitrogen and oxygen atoms in total. The van der Waals surface area contributed by atoms with Gasteiger partial charge in [-0.1, -0.05) is 0 Å². The molecule has 2 atom stereocenters. The topological polar surface area (TPSA) is 44.4 Å². The molecule has 1 aliphatic heterocycles. The highest BCUT2D eigenvalue weighted by atomic mass is 127. The van der Waals surface area contributed by atoms with E-state index in [-0.39, 0.29) is 5.91 Å². The molecule has 1 aromatic carbocycles. The van der Waals surface area contributed by atoms with Crippen molar-refractivity contribution in [1.29, 1.82) is 0 Å². The fraction of sp³-hybridized carbons (Fsp3) is 0.500. The summed E-state index contributed by atoms with van der Waals surface area (Å²) in [6.07, 6.45) is 0. The van der Waals surface area contributed by atoms with Gasteiger partial charge in [-0.2, -0.15) is 0 Å². The molecule has 1 saturated heterocycles. The van der Waals surface area contributed by atoms with Crippen molar-refractivity contribution < 1.29 is 4.79 Å². The number of piperazine rings is 1. The highest BCUT2D eigenvalue weighted by Gasteiger charge is 2.24. The van der Waals surface area contributed by atoms with Crippen molar-refractivity contribution in [2.75, 3.05) is 25.0 Å². The molecule has 2 rings (SSSR count). The fourth-order valence-electron chi connectivity index (χ4n) is 2.34. The van der Waals surface area contributed by atoms with Crippen LogP contribution in [0.25, 0.3) is 0 Å². The highest BCUT2D eigenvalue weighted by molar-refractivity contribution is 14.1. The molecule has 1 aliphatic rings. The van der Waals surface area contributed by atoms with Gasteiger partial charge in [-0.3, -0.25) is 9.69 Å². The molecule has 1 amide bonds. The molecule has 1 heterocycles. The third kappa shape index (κ3) is 5.15. The van der Waals surface area contributed by atoms with Crippen LogP contribution in [0.3, 0.4) is 0 Å². The van der Waals surface area contributed by atoms with E-state index in [1.54, 1.807) is 0 Å². The molecule has 21 heavy (non-hydrogen) atoms. The predicted octanol–water partition coefficient (Wildman–Crippen LogP) is 3.12. The minimum atomic E-state index is 0.0630. The number of anilines is 1. The van der Waals surface area contributed by atoms with Gasteiger partial charge in [0.2, 0.25) is 5.91 Å². The molecule has 1 fully saturated rings. The van der Waals surface area contributed by atoms with E-state index in [1.165, 1.54) is 3.57 Å². The molecule has 1 aromatic rings. The van der Waals surface area contributed by atoms with Crippen molar-refractivity contribution in [3.63, 3.8) is 0 Å². The maximum absolute atomic E-state index is 12.3. The molecule has 0 radical (unpaired) electrons. The number of halogens is 3. The highest BCUT2D eigenvalue weighted by Crippen LogP contribution is 2.27. The summed E-state index contributed by atoms with van der Waals surface area (Å²) in [6.45, 7) is 6.61. The number of carbonyl (C=O) groups is 1. The molecule has 0 aromatic heterocycles. The lowest BCUT2D eigenvalue weighted by molar-refractivity contribution is -0.118. The third-order valence-electron chi connectivity index (χ3n) is 3.51. The Balaban J connectivity index is 2.02. The summed E-state index contributed by atoms with van der Waals surface area (Å²) < 4.78 is 3.35. The smallest absolute Gasteiger partial charge is 0.238 e. The minimum absolute atomic E-state index is 0.0630. The number of nitrogens with one attached hydrogen (secondary N) is 2. The van der Waals surface area contributed by atoms with E-state index in [9.17, 15) is 4.79 Å². The van der Waals surface area contributed by atoms with Crippen LogP contribution < -0.4 is 10.6 Å². The molecular weight excluding hydrogens is 607 g/mol. The van der Waals surface area contributed by atoms with Crippen molar-refractivity contribution in [1.82, 2.24) is 10.2 Å². The number of benzene rings is 1. The number of hydrogen-bond donors (Lipinski definition) is 2. The first kappa shape index (κ1) is 18.1. The first-order valence-corrected chi connectivity index (χ1v) is 10.0. The van der Waals surface area contributed by atoms with Crippen LogP contribution in [0.1, 0.15) is 13.8 Å². The molecule has 2 unspecified atom stereocenters. The molecule has 0 aliphatic carbocycles. The molecular formula is C14H18I3N3O. The number of amides is 1. The first-order valence-electron chi connectivity index (χ1n) is 6.78. The van der Waals surface area contributed by atoms with Gasteiger partial charge >= 0.3 is 0 Å². The molecule has 0 spiro atoms. The molecule has 7 heteroatoms. The third-order valence-corrected chi connectivity index (χ3v) is 5.84. The van der Waals surface area contributed by atoms with Gasteiger partial charge in [0.1, 0.15) is 0 Å². The summed E-state index contributed by atoms with van der Waals surface area (Å²) in [6, 6.07) is 4.98. The van der Waals surface area contributed by atoms with E-state index in [2.05, 4.69) is 109 Å². The molecule has 0 saturated carbocycles. The zero-order valence-electron chi connectivity index (χ0n) is 11.9. The summed E-state index contributed by atoms with van der Waals surface area (Å²) in [5, 5.41) is 6.50. The van der Waals surface area contributed by atoms with Gasteiger partial charge in [0.15, 0.2) is 0 Å². The van der Waals surface area contributed by atoms with Gasteiger partial charge < -0.3 is 10.6 Å². The normalized spacial score (nSPS) is 23.1. The molecule has 2 N–H and O–H groups in total. The molecule has 116 valence electrons. The maximum Gasteiger partial charge on any atom is 0.238 e. The van der Waals surface area contributed by atoms with Crippen molar-refractivity contribution in [2.24, 2.45) is 0 Å². The average molecular weight is 625 g/mol. The summed E-state index contributed by atoms with van der Waals surface area (Å²) in [5.41, 5.74) is 0.928. The lowest BCUT2D eigenvalue weighted by Crippen LogP contribution is -2.55. The van der Waals surface area contributed by atoms with E-state index in [0.29, 0.717) is 18.6 Å². The maximum atomic E-state index is 12.3. The summed E-state index contributed by atoms with van der Waals surface area (Å²) >= 11 is 6.84. The largest absolute Gasteiger partial charge is 0.323 e. The number of rotatable bonds is 3. The monoisotopic (exact) mass is 625 g/mol.